The summed E-state index contributed by atoms with van der Waals surface area (Å²) in [6.45, 7) is 0. The summed E-state index contributed by atoms with van der Waals surface area (Å²) in [5.41, 5.74) is 0.578. The SMILES string of the molecule is O=C(O)C[C@]1(Cc2ccccc2)C2CC3CC1C[C@](O)(C3)C2. The van der Waals surface area contributed by atoms with Gasteiger partial charge in [-0.25, -0.2) is 0 Å². The number of hydrogen-bond acceptors (Lipinski definition) is 2. The Kier molecular flexibility index (Phi) is 3.12. The van der Waals surface area contributed by atoms with E-state index in [1.807, 2.05) is 18.2 Å². The quantitative estimate of drug-likeness (QED) is 0.897. The van der Waals surface area contributed by atoms with Gasteiger partial charge in [-0.2, -0.15) is 0 Å². The first kappa shape index (κ1) is 14.3. The highest BCUT2D eigenvalue weighted by Gasteiger charge is 2.61. The Bertz CT molecular complexity index is 564. The van der Waals surface area contributed by atoms with Gasteiger partial charge in [0, 0.05) is 0 Å². The molecule has 4 aliphatic rings. The first-order valence-electron chi connectivity index (χ1n) is 8.47. The van der Waals surface area contributed by atoms with Crippen LogP contribution < -0.4 is 0 Å². The second-order valence-corrected chi connectivity index (χ2v) is 8.03. The standard InChI is InChI=1S/C19H24O3/c20-17(21)12-19(9-13-4-2-1-3-5-13)15-6-14-7-16(19)11-18(22,8-14)10-15/h1-5,14-16,22H,6-12H2,(H,20,21)/t14?,15?,16?,18-,19+. The number of hydrogen-bond donors (Lipinski definition) is 2. The average Bonchev–Trinajstić information content (AvgIpc) is 2.43. The fraction of sp³-hybridized carbons (Fsp3) is 0.632. The van der Waals surface area contributed by atoms with E-state index in [9.17, 15) is 15.0 Å². The maximum atomic E-state index is 11.6. The van der Waals surface area contributed by atoms with Crippen molar-refractivity contribution < 1.29 is 15.0 Å². The molecule has 1 aromatic carbocycles. The Morgan fingerprint density at radius 3 is 2.27 bits per heavy atom. The molecule has 2 atom stereocenters. The van der Waals surface area contributed by atoms with Gasteiger partial charge in [0.05, 0.1) is 12.0 Å². The molecule has 0 spiro atoms. The molecule has 4 fully saturated rings. The molecule has 0 radical (unpaired) electrons. The summed E-state index contributed by atoms with van der Waals surface area (Å²) in [6, 6.07) is 10.3. The molecule has 0 amide bonds. The van der Waals surface area contributed by atoms with Gasteiger partial charge >= 0.3 is 5.97 Å². The summed E-state index contributed by atoms with van der Waals surface area (Å²) in [5, 5.41) is 20.3. The van der Waals surface area contributed by atoms with E-state index in [4.69, 9.17) is 0 Å². The van der Waals surface area contributed by atoms with E-state index >= 15 is 0 Å². The molecular weight excluding hydrogens is 276 g/mol. The van der Waals surface area contributed by atoms with Gasteiger partial charge in [-0.1, -0.05) is 30.3 Å². The Balaban J connectivity index is 1.71. The third kappa shape index (κ3) is 2.18. The van der Waals surface area contributed by atoms with Crippen LogP contribution in [0.1, 0.15) is 44.1 Å². The second kappa shape index (κ2) is 4.82. The molecule has 5 rings (SSSR count). The minimum atomic E-state index is -0.685. The van der Waals surface area contributed by atoms with Gasteiger partial charge in [-0.3, -0.25) is 4.79 Å². The van der Waals surface area contributed by atoms with Gasteiger partial charge in [0.1, 0.15) is 0 Å². The third-order valence-electron chi connectivity index (χ3n) is 6.64. The van der Waals surface area contributed by atoms with Gasteiger partial charge in [0.15, 0.2) is 0 Å². The molecule has 4 aliphatic carbocycles. The van der Waals surface area contributed by atoms with Crippen molar-refractivity contribution in [1.29, 1.82) is 0 Å². The maximum absolute atomic E-state index is 11.6. The Labute approximate surface area is 131 Å². The van der Waals surface area contributed by atoms with Gasteiger partial charge < -0.3 is 10.2 Å². The number of carboxylic acid groups (broad SMARTS) is 1. The van der Waals surface area contributed by atoms with Crippen molar-refractivity contribution in [3.05, 3.63) is 35.9 Å². The summed E-state index contributed by atoms with van der Waals surface area (Å²) < 4.78 is 0. The monoisotopic (exact) mass is 300 g/mol. The van der Waals surface area contributed by atoms with Crippen molar-refractivity contribution >= 4 is 5.97 Å². The van der Waals surface area contributed by atoms with Crippen LogP contribution in [0.5, 0.6) is 0 Å². The molecule has 118 valence electrons. The lowest BCUT2D eigenvalue weighted by molar-refractivity contribution is -0.198. The van der Waals surface area contributed by atoms with Crippen molar-refractivity contribution in [2.75, 3.05) is 0 Å². The highest BCUT2D eigenvalue weighted by Crippen LogP contribution is 2.65. The minimum absolute atomic E-state index is 0.156. The fourth-order valence-corrected chi connectivity index (χ4v) is 6.05. The van der Waals surface area contributed by atoms with Crippen molar-refractivity contribution in [2.24, 2.45) is 23.2 Å². The summed E-state index contributed by atoms with van der Waals surface area (Å²) in [5.74, 6) is 0.649. The van der Waals surface area contributed by atoms with Gasteiger partial charge in [0.2, 0.25) is 0 Å². The molecule has 2 N–H and O–H groups in total. The van der Waals surface area contributed by atoms with Crippen molar-refractivity contribution in [3.63, 3.8) is 0 Å². The Hall–Kier alpha value is -1.35. The number of aliphatic hydroxyl groups is 1. The van der Waals surface area contributed by atoms with Crippen molar-refractivity contribution in [1.82, 2.24) is 0 Å². The molecule has 0 aliphatic heterocycles. The zero-order chi connectivity index (χ0) is 15.4. The van der Waals surface area contributed by atoms with Gasteiger partial charge in [-0.05, 0) is 67.3 Å². The molecule has 0 aromatic heterocycles. The first-order valence-corrected chi connectivity index (χ1v) is 8.47. The van der Waals surface area contributed by atoms with Crippen LogP contribution in [0, 0.1) is 23.2 Å². The summed E-state index contributed by atoms with van der Waals surface area (Å²) in [7, 11) is 0. The van der Waals surface area contributed by atoms with Gasteiger partial charge in [-0.15, -0.1) is 0 Å². The van der Waals surface area contributed by atoms with E-state index in [-0.39, 0.29) is 11.8 Å². The van der Waals surface area contributed by atoms with Gasteiger partial charge in [0.25, 0.3) is 0 Å². The first-order chi connectivity index (χ1) is 10.5. The van der Waals surface area contributed by atoms with E-state index in [2.05, 4.69) is 12.1 Å². The van der Waals surface area contributed by atoms with E-state index in [1.165, 1.54) is 5.56 Å². The van der Waals surface area contributed by atoms with E-state index < -0.39 is 11.6 Å². The average molecular weight is 300 g/mol. The lowest BCUT2D eigenvalue weighted by Crippen LogP contribution is -2.61. The van der Waals surface area contributed by atoms with Crippen LogP contribution in [0.2, 0.25) is 0 Å². The van der Waals surface area contributed by atoms with E-state index in [1.54, 1.807) is 0 Å². The highest BCUT2D eigenvalue weighted by molar-refractivity contribution is 5.68. The predicted octanol–water partition coefficient (Wildman–Crippen LogP) is 3.26. The summed E-state index contributed by atoms with van der Waals surface area (Å²) in [4.78, 5) is 11.6. The molecular formula is C19H24O3. The largest absolute Gasteiger partial charge is 0.481 e. The zero-order valence-electron chi connectivity index (χ0n) is 12.9. The maximum Gasteiger partial charge on any atom is 0.303 e. The molecule has 4 saturated carbocycles. The smallest absolute Gasteiger partial charge is 0.303 e. The van der Waals surface area contributed by atoms with Crippen molar-refractivity contribution in [2.45, 2.75) is 50.5 Å². The zero-order valence-corrected chi connectivity index (χ0v) is 12.9. The fourth-order valence-electron chi connectivity index (χ4n) is 6.05. The molecule has 1 aromatic rings. The van der Waals surface area contributed by atoms with Crippen LogP contribution in [0.15, 0.2) is 30.3 Å². The molecule has 3 heteroatoms. The summed E-state index contributed by atoms with van der Waals surface area (Å²) >= 11 is 0. The van der Waals surface area contributed by atoms with Crippen LogP contribution in [0.4, 0.5) is 0 Å². The Morgan fingerprint density at radius 2 is 1.73 bits per heavy atom. The number of aliphatic carboxylic acids is 1. The van der Waals surface area contributed by atoms with Crippen LogP contribution >= 0.6 is 0 Å². The lowest BCUT2D eigenvalue weighted by atomic mass is 9.42. The molecule has 4 bridgehead atoms. The summed E-state index contributed by atoms with van der Waals surface area (Å²) in [6.07, 6.45) is 5.87. The van der Waals surface area contributed by atoms with Crippen LogP contribution in [-0.2, 0) is 11.2 Å². The third-order valence-corrected chi connectivity index (χ3v) is 6.64. The number of carbonyl (C=O) groups is 1. The molecule has 2 unspecified atom stereocenters. The molecule has 0 heterocycles. The molecule has 22 heavy (non-hydrogen) atoms. The van der Waals surface area contributed by atoms with Crippen LogP contribution in [0.3, 0.4) is 0 Å². The van der Waals surface area contributed by atoms with E-state index in [0.29, 0.717) is 17.8 Å². The second-order valence-electron chi connectivity index (χ2n) is 8.03. The topological polar surface area (TPSA) is 57.5 Å². The lowest BCUT2D eigenvalue weighted by Gasteiger charge is -2.64. The van der Waals surface area contributed by atoms with Crippen molar-refractivity contribution in [3.8, 4) is 0 Å². The highest BCUT2D eigenvalue weighted by atomic mass is 16.4. The number of carboxylic acids is 1. The van der Waals surface area contributed by atoms with Crippen LogP contribution in [0.25, 0.3) is 0 Å². The predicted molar refractivity (Wildman–Crippen MR) is 83.3 cm³/mol. The molecule has 0 saturated heterocycles. The van der Waals surface area contributed by atoms with E-state index in [0.717, 1.165) is 38.5 Å². The number of rotatable bonds is 4. The van der Waals surface area contributed by atoms with Crippen LogP contribution in [-0.4, -0.2) is 21.8 Å². The normalized spacial score (nSPS) is 42.5. The molecule has 3 nitrogen and oxygen atoms in total. The minimum Gasteiger partial charge on any atom is -0.481 e. The Morgan fingerprint density at radius 1 is 1.09 bits per heavy atom. The number of benzene rings is 1.